The Kier molecular flexibility index (Phi) is 9.41. The quantitative estimate of drug-likeness (QED) is 0.175. The van der Waals surface area contributed by atoms with E-state index in [1.165, 1.54) is 12.1 Å². The highest BCUT2D eigenvalue weighted by Gasteiger charge is 2.70. The minimum absolute atomic E-state index is 0.00336. The average Bonchev–Trinajstić information content (AvgIpc) is 3.69. The number of cyclic esters (lactones) is 1. The molecule has 12 heteroatoms. The van der Waals surface area contributed by atoms with E-state index in [2.05, 4.69) is 12.2 Å². The third-order valence-corrected chi connectivity index (χ3v) is 12.9. The molecule has 0 bridgehead atoms. The zero-order valence-electron chi connectivity index (χ0n) is 27.5. The summed E-state index contributed by atoms with van der Waals surface area (Å²) in [5.74, 6) is -1.19. The summed E-state index contributed by atoms with van der Waals surface area (Å²) in [6.45, 7) is 5.08. The zero-order chi connectivity index (χ0) is 33.6. The highest BCUT2D eigenvalue weighted by molar-refractivity contribution is 5.85. The summed E-state index contributed by atoms with van der Waals surface area (Å²) in [6, 6.07) is 2.44. The molecule has 2 heterocycles. The molecule has 1 aromatic rings. The van der Waals surface area contributed by atoms with E-state index in [0.717, 1.165) is 44.1 Å². The standard InChI is InChI=1S/C35H50N2O10/c1-33-13-11-23(45-20-28(39)36-15-5-3-4-6-31(42)47-37-29(40)9-10-30(37)41)17-22(33)7-8-25-26(33)18-27(38)34(2)24(12-14-35(25,34)44)21-16-32(43)46-19-21/h9-10,16,22-27,38,40-41,44H,3-8,11-15,17-20H2,1-2H3,(H,36,39)/t22-,23+,24-,25-,26-,27-,33+,34+,35+/m1/s1. The number of hydrogen-bond acceptors (Lipinski definition) is 10. The summed E-state index contributed by atoms with van der Waals surface area (Å²) >= 11 is 0. The molecule has 1 aromatic heterocycles. The number of nitrogens with zero attached hydrogens (tertiary/aromatic N) is 1. The molecule has 4 saturated carbocycles. The molecule has 0 saturated heterocycles. The molecular formula is C35H50N2O10. The molecule has 0 radical (unpaired) electrons. The van der Waals surface area contributed by atoms with Gasteiger partial charge in [-0.25, -0.2) is 9.59 Å². The third-order valence-electron chi connectivity index (χ3n) is 12.9. The van der Waals surface area contributed by atoms with Gasteiger partial charge in [0.25, 0.3) is 0 Å². The van der Waals surface area contributed by atoms with Gasteiger partial charge in [-0.05, 0) is 98.9 Å². The summed E-state index contributed by atoms with van der Waals surface area (Å²) in [6.07, 6.45) is 9.43. The fraction of sp³-hybridized carbons (Fsp3) is 0.743. The highest BCUT2D eigenvalue weighted by atomic mass is 16.7. The maximum atomic E-state index is 12.5. The maximum absolute atomic E-state index is 12.5. The number of aliphatic hydroxyl groups is 2. The Morgan fingerprint density at radius 2 is 1.79 bits per heavy atom. The number of aromatic nitrogens is 1. The average molecular weight is 659 g/mol. The molecule has 4 aliphatic carbocycles. The van der Waals surface area contributed by atoms with Crippen LogP contribution in [0.15, 0.2) is 23.8 Å². The number of carbonyl (C=O) groups excluding carboxylic acids is 3. The van der Waals surface area contributed by atoms with E-state index in [9.17, 15) is 34.8 Å². The van der Waals surface area contributed by atoms with Gasteiger partial charge in [-0.3, -0.25) is 4.79 Å². The Morgan fingerprint density at radius 1 is 1.02 bits per heavy atom. The van der Waals surface area contributed by atoms with Crippen LogP contribution in [0.2, 0.25) is 0 Å². The van der Waals surface area contributed by atoms with Crippen molar-refractivity contribution in [3.05, 3.63) is 23.8 Å². The lowest BCUT2D eigenvalue weighted by Crippen LogP contribution is -2.67. The number of rotatable bonds is 11. The van der Waals surface area contributed by atoms with E-state index >= 15 is 0 Å². The van der Waals surface area contributed by atoms with Gasteiger partial charge in [0.05, 0.1) is 17.8 Å². The first-order valence-electron chi connectivity index (χ1n) is 17.3. The molecule has 0 spiro atoms. The third kappa shape index (κ3) is 6.05. The van der Waals surface area contributed by atoms with Crippen LogP contribution in [-0.4, -0.2) is 80.6 Å². The second-order valence-corrected chi connectivity index (χ2v) is 15.0. The summed E-state index contributed by atoms with van der Waals surface area (Å²) in [5.41, 5.74) is -0.827. The second-order valence-electron chi connectivity index (χ2n) is 15.0. The van der Waals surface area contributed by atoms with Crippen LogP contribution in [-0.2, 0) is 23.9 Å². The predicted molar refractivity (Wildman–Crippen MR) is 168 cm³/mol. The van der Waals surface area contributed by atoms with Crippen molar-refractivity contribution in [1.29, 1.82) is 0 Å². The maximum Gasteiger partial charge on any atom is 0.333 e. The van der Waals surface area contributed by atoms with Crippen LogP contribution < -0.4 is 10.2 Å². The van der Waals surface area contributed by atoms with E-state index in [-0.39, 0.29) is 72.5 Å². The first-order chi connectivity index (χ1) is 22.4. The molecule has 6 rings (SSSR count). The van der Waals surface area contributed by atoms with Crippen molar-refractivity contribution in [2.75, 3.05) is 19.8 Å². The molecule has 0 unspecified atom stereocenters. The van der Waals surface area contributed by atoms with Gasteiger partial charge in [0.2, 0.25) is 17.7 Å². The van der Waals surface area contributed by atoms with Gasteiger partial charge in [-0.2, -0.15) is 0 Å². The number of amides is 1. The Hall–Kier alpha value is -3.09. The fourth-order valence-corrected chi connectivity index (χ4v) is 10.2. The van der Waals surface area contributed by atoms with Crippen molar-refractivity contribution in [3.63, 3.8) is 0 Å². The van der Waals surface area contributed by atoms with E-state index in [4.69, 9.17) is 14.3 Å². The van der Waals surface area contributed by atoms with Gasteiger partial charge < -0.3 is 40.1 Å². The minimum Gasteiger partial charge on any atom is -0.492 e. The number of aliphatic hydroxyl groups excluding tert-OH is 1. The van der Waals surface area contributed by atoms with Crippen LogP contribution in [0, 0.1) is 34.5 Å². The van der Waals surface area contributed by atoms with Crippen molar-refractivity contribution in [2.45, 2.75) is 109 Å². The molecule has 4 fully saturated rings. The predicted octanol–water partition coefficient (Wildman–Crippen LogP) is 3.14. The van der Waals surface area contributed by atoms with Crippen LogP contribution in [0.3, 0.4) is 0 Å². The molecule has 1 amide bonds. The Bertz CT molecular complexity index is 1370. The molecule has 5 N–H and O–H groups in total. The summed E-state index contributed by atoms with van der Waals surface area (Å²) < 4.78 is 12.0. The van der Waals surface area contributed by atoms with Crippen LogP contribution in [0.1, 0.15) is 90.9 Å². The molecule has 0 aromatic carbocycles. The molecule has 5 aliphatic rings. The number of aromatic hydroxyl groups is 2. The molecule has 9 atom stereocenters. The molecular weight excluding hydrogens is 608 g/mol. The van der Waals surface area contributed by atoms with Crippen LogP contribution in [0.4, 0.5) is 0 Å². The van der Waals surface area contributed by atoms with Crippen LogP contribution >= 0.6 is 0 Å². The van der Waals surface area contributed by atoms with Gasteiger partial charge in [0.1, 0.15) is 13.2 Å². The van der Waals surface area contributed by atoms with Gasteiger partial charge in [0, 0.05) is 36.6 Å². The van der Waals surface area contributed by atoms with E-state index < -0.39 is 23.1 Å². The zero-order valence-corrected chi connectivity index (χ0v) is 27.5. The van der Waals surface area contributed by atoms with Gasteiger partial charge in [-0.1, -0.05) is 20.3 Å². The largest absolute Gasteiger partial charge is 0.492 e. The van der Waals surface area contributed by atoms with Crippen molar-refractivity contribution in [2.24, 2.45) is 34.5 Å². The van der Waals surface area contributed by atoms with Crippen molar-refractivity contribution < 1.29 is 49.1 Å². The summed E-state index contributed by atoms with van der Waals surface area (Å²) in [4.78, 5) is 41.2. The van der Waals surface area contributed by atoms with Gasteiger partial charge in [-0.15, -0.1) is 4.73 Å². The lowest BCUT2D eigenvalue weighted by Gasteiger charge is -2.65. The monoisotopic (exact) mass is 658 g/mol. The number of unbranched alkanes of at least 4 members (excludes halogenated alkanes) is 2. The van der Waals surface area contributed by atoms with Crippen LogP contribution in [0.25, 0.3) is 0 Å². The van der Waals surface area contributed by atoms with Crippen molar-refractivity contribution in [3.8, 4) is 11.8 Å². The van der Waals surface area contributed by atoms with E-state index in [0.29, 0.717) is 49.3 Å². The number of carbonyl (C=O) groups is 3. The van der Waals surface area contributed by atoms with E-state index in [1.54, 1.807) is 6.08 Å². The smallest absolute Gasteiger partial charge is 0.333 e. The van der Waals surface area contributed by atoms with Gasteiger partial charge >= 0.3 is 11.9 Å². The van der Waals surface area contributed by atoms with Gasteiger partial charge in [0.15, 0.2) is 0 Å². The van der Waals surface area contributed by atoms with Crippen LogP contribution in [0.5, 0.6) is 11.8 Å². The molecule has 12 nitrogen and oxygen atoms in total. The number of ether oxygens (including phenoxy) is 2. The van der Waals surface area contributed by atoms with Crippen molar-refractivity contribution in [1.82, 2.24) is 10.0 Å². The summed E-state index contributed by atoms with van der Waals surface area (Å²) in [7, 11) is 0. The molecule has 1 aliphatic heterocycles. The normalized spacial score (nSPS) is 37.7. The Labute approximate surface area is 275 Å². The minimum atomic E-state index is -0.994. The number of esters is 1. The highest BCUT2D eigenvalue weighted by Crippen LogP contribution is 2.70. The summed E-state index contributed by atoms with van der Waals surface area (Å²) in [5, 5.41) is 46.1. The lowest BCUT2D eigenvalue weighted by molar-refractivity contribution is -0.245. The number of hydrogen-bond donors (Lipinski definition) is 5. The first-order valence-corrected chi connectivity index (χ1v) is 17.3. The molecule has 260 valence electrons. The Morgan fingerprint density at radius 3 is 2.51 bits per heavy atom. The Balaban J connectivity index is 0.934. The molecule has 47 heavy (non-hydrogen) atoms. The fourth-order valence-electron chi connectivity index (χ4n) is 10.2. The topological polar surface area (TPSA) is 177 Å². The second kappa shape index (κ2) is 13.1. The number of fused-ring (bicyclic) bond motifs is 5. The SMILES string of the molecule is C[C@]12CC[C@H](OCC(=O)NCCCCCC(=O)On3c(O)ccc3O)C[C@H]1CC[C@@H]1[C@H]2C[C@@H](O)[C@]2(C)[C@@H](C3=CC(=O)OC3)CC[C@]12O. The lowest BCUT2D eigenvalue weighted by atomic mass is 9.42. The number of nitrogens with one attached hydrogen (secondary N) is 1. The van der Waals surface area contributed by atoms with Crippen molar-refractivity contribution >= 4 is 17.8 Å². The van der Waals surface area contributed by atoms with E-state index in [1.807, 2.05) is 6.92 Å². The first kappa shape index (κ1) is 33.8.